The lowest BCUT2D eigenvalue weighted by atomic mass is 10.1. The number of rotatable bonds is 14. The average molecular weight is 860 g/mol. The molecule has 8 aromatic rings. The highest BCUT2D eigenvalue weighted by Gasteiger charge is 2.25. The SMILES string of the molecule is COc1ccnc(CCC(=O)c2cn(Cc3cn4cc(C5CC5)ccc4n3)nn2)c1F.COc1ccnc(CN)c1F.O=C(O)c1cn(Cc2cn3cc(C4CC4)ccc3n2)nn1. The van der Waals surface area contributed by atoms with Crippen molar-refractivity contribution in [2.75, 3.05) is 14.2 Å². The highest BCUT2D eigenvalue weighted by atomic mass is 19.1. The highest BCUT2D eigenvalue weighted by Crippen LogP contribution is 2.40. The van der Waals surface area contributed by atoms with E-state index in [1.807, 2.05) is 33.3 Å². The number of aromatic carboxylic acids is 1. The number of Topliss-reactive ketones (excluding diaryl/α,β-unsaturated/α-hetero) is 1. The Morgan fingerprint density at radius 3 is 1.67 bits per heavy atom. The average Bonchev–Trinajstić information content (AvgIpc) is 4.13. The number of nitrogens with zero attached hydrogens (tertiary/aromatic N) is 12. The van der Waals surface area contributed by atoms with Crippen LogP contribution in [0.4, 0.5) is 8.78 Å². The molecule has 0 amide bonds. The molecule has 324 valence electrons. The zero-order valence-electron chi connectivity index (χ0n) is 34.4. The van der Waals surface area contributed by atoms with E-state index in [1.165, 1.54) is 86.4 Å². The van der Waals surface area contributed by atoms with E-state index >= 15 is 0 Å². The Morgan fingerprint density at radius 1 is 0.698 bits per heavy atom. The number of aryl methyl sites for hydroxylation is 1. The molecule has 2 fully saturated rings. The number of carbonyl (C=O) groups is 2. The predicted molar refractivity (Wildman–Crippen MR) is 222 cm³/mol. The van der Waals surface area contributed by atoms with Gasteiger partial charge >= 0.3 is 5.97 Å². The monoisotopic (exact) mass is 859 g/mol. The summed E-state index contributed by atoms with van der Waals surface area (Å²) < 4.78 is 44.0. The maximum atomic E-state index is 14.2. The van der Waals surface area contributed by atoms with Gasteiger partial charge in [0.2, 0.25) is 0 Å². The normalized spacial score (nSPS) is 13.3. The maximum absolute atomic E-state index is 14.2. The van der Waals surface area contributed by atoms with Gasteiger partial charge in [-0.05, 0) is 60.8 Å². The van der Waals surface area contributed by atoms with Crippen molar-refractivity contribution >= 4 is 23.0 Å². The molecule has 3 N–H and O–H groups in total. The molecular weight excluding hydrogens is 817 g/mol. The number of ether oxygens (including phenoxy) is 2. The standard InChI is InChI=1S/C22H21FN6O2.C14H13N5O2.C7H9FN2O/c1-31-20-8-9-24-17(22(20)23)5-6-19(30)18-13-29(27-26-18)12-16-11-28-10-15(14-2-3-14)4-7-21(28)25-16;20-14(21)12-8-19(17-16-12)7-11-6-18-5-10(9-1-2-9)3-4-13(18)15-11;1-11-6-2-3-10-5(4-9)7(6)8/h4,7-11,13-14H,2-3,5-6,12H2,1H3;3-6,8-9H,1-2,7H2,(H,20,21);2-3H,4,9H2,1H3. The van der Waals surface area contributed by atoms with E-state index in [2.05, 4.69) is 65.1 Å². The number of aromatic nitrogens is 12. The smallest absolute Gasteiger partial charge is 0.358 e. The van der Waals surface area contributed by atoms with Crippen molar-refractivity contribution in [3.8, 4) is 11.5 Å². The first-order valence-corrected chi connectivity index (χ1v) is 20.2. The lowest BCUT2D eigenvalue weighted by Crippen LogP contribution is -2.05. The minimum Gasteiger partial charge on any atom is -0.494 e. The Hall–Kier alpha value is -7.48. The molecular formula is C43H43F2N13O5. The van der Waals surface area contributed by atoms with Crippen LogP contribution in [0.25, 0.3) is 11.3 Å². The van der Waals surface area contributed by atoms with Gasteiger partial charge in [0, 0.05) is 68.7 Å². The van der Waals surface area contributed by atoms with Crippen LogP contribution in [-0.4, -0.2) is 89.8 Å². The topological polar surface area (TPSA) is 221 Å². The van der Waals surface area contributed by atoms with Crippen molar-refractivity contribution in [3.05, 3.63) is 143 Å². The minimum atomic E-state index is -1.08. The van der Waals surface area contributed by atoms with Gasteiger partial charge in [-0.1, -0.05) is 22.6 Å². The van der Waals surface area contributed by atoms with Crippen LogP contribution in [0.15, 0.2) is 86.0 Å². The second-order valence-corrected chi connectivity index (χ2v) is 15.1. The van der Waals surface area contributed by atoms with E-state index < -0.39 is 17.6 Å². The molecule has 18 nitrogen and oxygen atoms in total. The molecule has 0 radical (unpaired) electrons. The number of hydrogen-bond donors (Lipinski definition) is 2. The van der Waals surface area contributed by atoms with Gasteiger partial charge < -0.3 is 29.1 Å². The summed E-state index contributed by atoms with van der Waals surface area (Å²) in [6.07, 6.45) is 19.4. The first-order valence-electron chi connectivity index (χ1n) is 20.2. The van der Waals surface area contributed by atoms with Crippen LogP contribution in [0.2, 0.25) is 0 Å². The summed E-state index contributed by atoms with van der Waals surface area (Å²) in [6, 6.07) is 11.2. The summed E-state index contributed by atoms with van der Waals surface area (Å²) in [7, 11) is 2.79. The lowest BCUT2D eigenvalue weighted by Gasteiger charge is -2.05. The van der Waals surface area contributed by atoms with Crippen LogP contribution >= 0.6 is 0 Å². The van der Waals surface area contributed by atoms with Gasteiger partial charge in [0.05, 0.1) is 62.5 Å². The van der Waals surface area contributed by atoms with E-state index in [-0.39, 0.29) is 59.4 Å². The summed E-state index contributed by atoms with van der Waals surface area (Å²) in [4.78, 5) is 40.1. The number of imidazole rings is 2. The number of carboxylic acids is 1. The number of methoxy groups -OCH3 is 2. The number of nitrogens with two attached hydrogens (primary N) is 1. The molecule has 0 aliphatic heterocycles. The van der Waals surface area contributed by atoms with E-state index in [0.717, 1.165) is 22.7 Å². The number of carbonyl (C=O) groups excluding carboxylic acids is 1. The van der Waals surface area contributed by atoms with Crippen LogP contribution < -0.4 is 15.2 Å². The summed E-state index contributed by atoms with van der Waals surface area (Å²) in [6.45, 7) is 0.899. The second kappa shape index (κ2) is 18.6. The Kier molecular flexibility index (Phi) is 12.5. The highest BCUT2D eigenvalue weighted by molar-refractivity contribution is 5.93. The van der Waals surface area contributed by atoms with Crippen molar-refractivity contribution in [1.29, 1.82) is 0 Å². The maximum Gasteiger partial charge on any atom is 0.358 e. The Balaban J connectivity index is 0.000000146. The Labute approximate surface area is 358 Å². The number of halogens is 2. The zero-order valence-corrected chi connectivity index (χ0v) is 34.4. The number of pyridine rings is 4. The summed E-state index contributed by atoms with van der Waals surface area (Å²) in [5.74, 6) is -0.644. The second-order valence-electron chi connectivity index (χ2n) is 15.1. The first-order chi connectivity index (χ1) is 30.6. The third-order valence-corrected chi connectivity index (χ3v) is 10.4. The minimum absolute atomic E-state index is 0.0604. The van der Waals surface area contributed by atoms with Crippen LogP contribution in [0.1, 0.15) is 98.8 Å². The molecule has 10 rings (SSSR count). The van der Waals surface area contributed by atoms with Crippen molar-refractivity contribution in [2.24, 2.45) is 5.73 Å². The van der Waals surface area contributed by atoms with Crippen LogP contribution in [0.5, 0.6) is 11.5 Å². The van der Waals surface area contributed by atoms with Crippen LogP contribution in [-0.2, 0) is 26.1 Å². The molecule has 2 saturated carbocycles. The van der Waals surface area contributed by atoms with Crippen molar-refractivity contribution in [1.82, 2.24) is 58.7 Å². The molecule has 8 heterocycles. The molecule has 0 aromatic carbocycles. The van der Waals surface area contributed by atoms with E-state index in [9.17, 15) is 18.4 Å². The Morgan fingerprint density at radius 2 is 1.19 bits per heavy atom. The van der Waals surface area contributed by atoms with Crippen molar-refractivity contribution in [2.45, 2.75) is 70.0 Å². The summed E-state index contributed by atoms with van der Waals surface area (Å²) >= 11 is 0. The van der Waals surface area contributed by atoms with Gasteiger partial charge in [-0.2, -0.15) is 0 Å². The largest absolute Gasteiger partial charge is 0.494 e. The number of carboxylic acid groups (broad SMARTS) is 1. The zero-order chi connectivity index (χ0) is 44.0. The van der Waals surface area contributed by atoms with Crippen molar-refractivity contribution in [3.63, 3.8) is 0 Å². The van der Waals surface area contributed by atoms with Gasteiger partial charge in [-0.3, -0.25) is 14.8 Å². The molecule has 0 spiro atoms. The molecule has 63 heavy (non-hydrogen) atoms. The summed E-state index contributed by atoms with van der Waals surface area (Å²) in [5, 5.41) is 24.2. The Bertz CT molecular complexity index is 2880. The fourth-order valence-electron chi connectivity index (χ4n) is 6.83. The van der Waals surface area contributed by atoms with Gasteiger partial charge in [-0.15, -0.1) is 10.2 Å². The third kappa shape index (κ3) is 10.2. The van der Waals surface area contributed by atoms with E-state index in [0.29, 0.717) is 24.9 Å². The summed E-state index contributed by atoms with van der Waals surface area (Å²) in [5.41, 5.74) is 11.9. The van der Waals surface area contributed by atoms with Gasteiger partial charge in [0.15, 0.2) is 34.6 Å². The molecule has 8 aromatic heterocycles. The van der Waals surface area contributed by atoms with E-state index in [1.54, 1.807) is 10.9 Å². The van der Waals surface area contributed by atoms with Crippen molar-refractivity contribution < 1.29 is 33.0 Å². The van der Waals surface area contributed by atoms with Crippen LogP contribution in [0.3, 0.4) is 0 Å². The molecule has 0 unspecified atom stereocenters. The number of fused-ring (bicyclic) bond motifs is 2. The van der Waals surface area contributed by atoms with Gasteiger partial charge in [-0.25, -0.2) is 32.9 Å². The first kappa shape index (κ1) is 42.2. The van der Waals surface area contributed by atoms with Crippen LogP contribution in [0, 0.1) is 11.6 Å². The quantitative estimate of drug-likeness (QED) is 0.130. The van der Waals surface area contributed by atoms with Gasteiger partial charge in [0.1, 0.15) is 17.0 Å². The van der Waals surface area contributed by atoms with Gasteiger partial charge in [0.25, 0.3) is 0 Å². The fraction of sp³-hybridized carbons (Fsp3) is 0.302. The fourth-order valence-corrected chi connectivity index (χ4v) is 6.83. The molecule has 2 aliphatic rings. The van der Waals surface area contributed by atoms with E-state index in [4.69, 9.17) is 20.3 Å². The lowest BCUT2D eigenvalue weighted by molar-refractivity contribution is 0.0690. The molecule has 2 aliphatic carbocycles. The number of ketones is 1. The number of hydrogen-bond acceptors (Lipinski definition) is 13. The predicted octanol–water partition coefficient (Wildman–Crippen LogP) is 5.45. The molecule has 20 heteroatoms. The molecule has 0 saturated heterocycles. The molecule has 0 atom stereocenters. The molecule has 0 bridgehead atoms. The third-order valence-electron chi connectivity index (χ3n) is 10.4.